The third kappa shape index (κ3) is 8.35. The third-order valence-electron chi connectivity index (χ3n) is 4.25. The Morgan fingerprint density at radius 2 is 1.90 bits per heavy atom. The van der Waals surface area contributed by atoms with Crippen molar-refractivity contribution in [3.8, 4) is 0 Å². The molecule has 0 fully saturated rings. The second kappa shape index (κ2) is 13.8. The van der Waals surface area contributed by atoms with E-state index in [1.807, 2.05) is 51.2 Å². The van der Waals surface area contributed by atoms with Gasteiger partial charge in [-0.05, 0) is 60.8 Å². The predicted octanol–water partition coefficient (Wildman–Crippen LogP) is 5.35. The van der Waals surface area contributed by atoms with Crippen LogP contribution in [0.3, 0.4) is 0 Å². The van der Waals surface area contributed by atoms with Gasteiger partial charge in [-0.25, -0.2) is 9.38 Å². The second-order valence-corrected chi connectivity index (χ2v) is 6.26. The first kappa shape index (κ1) is 24.7. The van der Waals surface area contributed by atoms with Gasteiger partial charge in [0.05, 0.1) is 5.70 Å². The molecule has 0 unspecified atom stereocenters. The van der Waals surface area contributed by atoms with Gasteiger partial charge in [0.1, 0.15) is 5.82 Å². The quantitative estimate of drug-likeness (QED) is 0.323. The van der Waals surface area contributed by atoms with E-state index in [1.165, 1.54) is 12.1 Å². The van der Waals surface area contributed by atoms with Crippen molar-refractivity contribution in [2.24, 2.45) is 16.5 Å². The van der Waals surface area contributed by atoms with E-state index in [2.05, 4.69) is 23.0 Å². The monoisotopic (exact) mass is 408 g/mol. The highest BCUT2D eigenvalue weighted by Crippen LogP contribution is 2.24. The zero-order valence-corrected chi connectivity index (χ0v) is 18.2. The summed E-state index contributed by atoms with van der Waals surface area (Å²) >= 11 is 0. The Labute approximate surface area is 180 Å². The van der Waals surface area contributed by atoms with Gasteiger partial charge in [0, 0.05) is 12.2 Å². The fourth-order valence-corrected chi connectivity index (χ4v) is 2.81. The number of hydrogen-bond donors (Lipinski definition) is 3. The van der Waals surface area contributed by atoms with Crippen molar-refractivity contribution < 1.29 is 4.39 Å². The summed E-state index contributed by atoms with van der Waals surface area (Å²) in [5, 5.41) is 3.40. The van der Waals surface area contributed by atoms with Crippen molar-refractivity contribution in [3.05, 3.63) is 102 Å². The molecule has 0 aliphatic heterocycles. The van der Waals surface area contributed by atoms with Gasteiger partial charge in [-0.3, -0.25) is 0 Å². The summed E-state index contributed by atoms with van der Waals surface area (Å²) in [6.45, 7) is 10.3. The number of nitrogens with two attached hydrogens (primary N) is 2. The standard InChI is InChI=1S/C23H27FN4.C2H6/c1-3-5-9-21(4-2)27-16-19-8-6-7-17(12-15-22(19)28-23(25)26)18-10-13-20(24)14-11-18;1-2/h3-5,7,9-15,27H,1,6,8,16H2,2H3,(H4,25,26,28);1-2H3/b9-5-,15-12-,17-7+,21-4+,22-19-;. The van der Waals surface area contributed by atoms with Gasteiger partial charge >= 0.3 is 0 Å². The molecule has 0 radical (unpaired) electrons. The van der Waals surface area contributed by atoms with Crippen LogP contribution in [0, 0.1) is 5.82 Å². The predicted molar refractivity (Wildman–Crippen MR) is 128 cm³/mol. The van der Waals surface area contributed by atoms with Gasteiger partial charge in [0.15, 0.2) is 5.96 Å². The third-order valence-corrected chi connectivity index (χ3v) is 4.25. The number of allylic oxidation sites excluding steroid dienone is 8. The zero-order valence-electron chi connectivity index (χ0n) is 18.2. The molecule has 1 aliphatic carbocycles. The molecule has 0 saturated heterocycles. The molecule has 0 heterocycles. The van der Waals surface area contributed by atoms with E-state index in [9.17, 15) is 4.39 Å². The molecule has 0 aromatic heterocycles. The molecule has 0 saturated carbocycles. The molecule has 1 aliphatic rings. The first-order chi connectivity index (χ1) is 14.5. The largest absolute Gasteiger partial charge is 0.381 e. The highest BCUT2D eigenvalue weighted by Gasteiger charge is 2.09. The number of nitrogens with zero attached hydrogens (tertiary/aromatic N) is 1. The topological polar surface area (TPSA) is 76.4 Å². The number of guanidine groups is 1. The molecule has 0 atom stereocenters. The van der Waals surface area contributed by atoms with Gasteiger partial charge in [-0.2, -0.15) is 0 Å². The Kier molecular flexibility index (Phi) is 11.3. The molecular formula is C25H33FN4. The van der Waals surface area contributed by atoms with Crippen LogP contribution in [0.2, 0.25) is 0 Å². The van der Waals surface area contributed by atoms with Crippen LogP contribution in [-0.2, 0) is 0 Å². The fourth-order valence-electron chi connectivity index (χ4n) is 2.81. The zero-order chi connectivity index (χ0) is 22.4. The summed E-state index contributed by atoms with van der Waals surface area (Å²) in [5.74, 6) is -0.234. The SMILES string of the molecule is C=C/C=C\C(=C/C)NC/C1=C(N=C(N)N)/C=C\C(c2ccc(F)cc2)=C/CC1.CC. The molecule has 0 bridgehead atoms. The first-order valence-electron chi connectivity index (χ1n) is 10.2. The minimum absolute atomic E-state index is 0.0165. The van der Waals surface area contributed by atoms with Gasteiger partial charge < -0.3 is 16.8 Å². The number of rotatable bonds is 7. The number of hydrogen-bond acceptors (Lipinski definition) is 2. The van der Waals surface area contributed by atoms with Gasteiger partial charge in [-0.15, -0.1) is 0 Å². The number of nitrogens with one attached hydrogen (secondary N) is 1. The van der Waals surface area contributed by atoms with E-state index in [4.69, 9.17) is 11.5 Å². The molecular weight excluding hydrogens is 375 g/mol. The Balaban J connectivity index is 0.00000218. The Bertz CT molecular complexity index is 865. The van der Waals surface area contributed by atoms with Crippen LogP contribution >= 0.6 is 0 Å². The molecule has 1 aromatic carbocycles. The first-order valence-corrected chi connectivity index (χ1v) is 10.2. The fraction of sp³-hybridized carbons (Fsp3) is 0.240. The maximum absolute atomic E-state index is 13.2. The normalized spacial score (nSPS) is 19.5. The molecule has 2 rings (SSSR count). The molecule has 1 aromatic rings. The van der Waals surface area contributed by atoms with Crippen LogP contribution in [0.5, 0.6) is 0 Å². The lowest BCUT2D eigenvalue weighted by Crippen LogP contribution is -2.23. The highest BCUT2D eigenvalue weighted by atomic mass is 19.1. The van der Waals surface area contributed by atoms with E-state index in [1.54, 1.807) is 18.2 Å². The maximum Gasteiger partial charge on any atom is 0.191 e. The molecule has 5 N–H and O–H groups in total. The van der Waals surface area contributed by atoms with Gasteiger partial charge in [-0.1, -0.05) is 62.9 Å². The molecule has 0 amide bonds. The lowest BCUT2D eigenvalue weighted by molar-refractivity contribution is 0.627. The minimum Gasteiger partial charge on any atom is -0.381 e. The van der Waals surface area contributed by atoms with Crippen molar-refractivity contribution >= 4 is 11.5 Å². The summed E-state index contributed by atoms with van der Waals surface area (Å²) in [7, 11) is 0. The van der Waals surface area contributed by atoms with E-state index < -0.39 is 0 Å². The van der Waals surface area contributed by atoms with Gasteiger partial charge in [0.2, 0.25) is 0 Å². The molecule has 4 nitrogen and oxygen atoms in total. The van der Waals surface area contributed by atoms with Crippen molar-refractivity contribution in [1.82, 2.24) is 5.32 Å². The summed E-state index contributed by atoms with van der Waals surface area (Å²) in [6.07, 6.45) is 15.2. The van der Waals surface area contributed by atoms with Crippen LogP contribution in [0.1, 0.15) is 39.2 Å². The van der Waals surface area contributed by atoms with Crippen LogP contribution in [0.25, 0.3) is 5.57 Å². The van der Waals surface area contributed by atoms with Crippen LogP contribution in [0.15, 0.2) is 95.3 Å². The van der Waals surface area contributed by atoms with Crippen LogP contribution in [0.4, 0.5) is 4.39 Å². The lowest BCUT2D eigenvalue weighted by atomic mass is 9.98. The van der Waals surface area contributed by atoms with Crippen molar-refractivity contribution in [2.75, 3.05) is 6.54 Å². The van der Waals surface area contributed by atoms with E-state index in [-0.39, 0.29) is 11.8 Å². The molecule has 30 heavy (non-hydrogen) atoms. The summed E-state index contributed by atoms with van der Waals surface area (Å²) in [4.78, 5) is 4.31. The summed E-state index contributed by atoms with van der Waals surface area (Å²) in [6, 6.07) is 6.45. The van der Waals surface area contributed by atoms with E-state index in [0.29, 0.717) is 6.54 Å². The minimum atomic E-state index is -0.251. The average molecular weight is 409 g/mol. The Morgan fingerprint density at radius 3 is 2.50 bits per heavy atom. The molecule has 160 valence electrons. The smallest absolute Gasteiger partial charge is 0.191 e. The van der Waals surface area contributed by atoms with Crippen LogP contribution < -0.4 is 16.8 Å². The highest BCUT2D eigenvalue weighted by molar-refractivity contribution is 5.78. The van der Waals surface area contributed by atoms with Crippen LogP contribution in [-0.4, -0.2) is 12.5 Å². The van der Waals surface area contributed by atoms with Crippen molar-refractivity contribution in [3.63, 3.8) is 0 Å². The number of aliphatic imine (C=N–C) groups is 1. The number of halogens is 1. The van der Waals surface area contributed by atoms with Crippen molar-refractivity contribution in [2.45, 2.75) is 33.6 Å². The molecule has 5 heteroatoms. The maximum atomic E-state index is 13.2. The lowest BCUT2D eigenvalue weighted by Gasteiger charge is -2.15. The molecule has 0 spiro atoms. The van der Waals surface area contributed by atoms with E-state index in [0.717, 1.165) is 40.9 Å². The average Bonchev–Trinajstić information content (AvgIpc) is 2.74. The van der Waals surface area contributed by atoms with Crippen molar-refractivity contribution in [1.29, 1.82) is 0 Å². The summed E-state index contributed by atoms with van der Waals surface area (Å²) < 4.78 is 13.2. The second-order valence-electron chi connectivity index (χ2n) is 6.26. The Morgan fingerprint density at radius 1 is 1.20 bits per heavy atom. The Hall–Kier alpha value is -3.34. The van der Waals surface area contributed by atoms with E-state index >= 15 is 0 Å². The number of benzene rings is 1. The summed E-state index contributed by atoms with van der Waals surface area (Å²) in [5.41, 5.74) is 16.1. The van der Waals surface area contributed by atoms with Gasteiger partial charge in [0.25, 0.3) is 0 Å².